The number of rotatable bonds is 12. The first-order valence-electron chi connectivity index (χ1n) is 20.5. The summed E-state index contributed by atoms with van der Waals surface area (Å²) in [5.74, 6) is -1.89. The maximum Gasteiger partial charge on any atom is 0.308 e. The first-order chi connectivity index (χ1) is 27.1. The van der Waals surface area contributed by atoms with Crippen molar-refractivity contribution in [1.29, 1.82) is 0 Å². The molecule has 2 unspecified atom stereocenters. The van der Waals surface area contributed by atoms with E-state index in [9.17, 15) is 18.4 Å². The number of amides is 1. The Kier molecular flexibility index (Phi) is 21.7. The second-order valence-electron chi connectivity index (χ2n) is 16.1. The molecule has 2 aromatic carbocycles. The number of benzene rings is 2. The molecule has 1 aliphatic heterocycles. The highest BCUT2D eigenvalue weighted by Gasteiger charge is 2.38. The zero-order valence-electron chi connectivity index (χ0n) is 37.4. The molecular weight excluding hydrogens is 737 g/mol. The highest BCUT2D eigenvalue weighted by Crippen LogP contribution is 2.42. The number of esters is 1. The number of nitrogens with two attached hydrogens (primary N) is 2. The largest absolute Gasteiger partial charge is 0.460 e. The second kappa shape index (κ2) is 24.4. The average Bonchev–Trinajstić information content (AvgIpc) is 3.47. The Morgan fingerprint density at radius 2 is 1.45 bits per heavy atom. The zero-order chi connectivity index (χ0) is 44.4. The molecule has 1 aliphatic rings. The fourth-order valence-electron chi connectivity index (χ4n) is 6.27. The van der Waals surface area contributed by atoms with Crippen molar-refractivity contribution in [3.63, 3.8) is 0 Å². The Morgan fingerprint density at radius 1 is 0.948 bits per heavy atom. The molecule has 4 N–H and O–H groups in total. The summed E-state index contributed by atoms with van der Waals surface area (Å²) in [5.41, 5.74) is 15.2. The Bertz CT molecular complexity index is 1780. The number of ether oxygens (including phenoxy) is 3. The lowest BCUT2D eigenvalue weighted by Crippen LogP contribution is -2.46. The van der Waals surface area contributed by atoms with Crippen LogP contribution in [0, 0.1) is 17.6 Å². The van der Waals surface area contributed by atoms with Gasteiger partial charge in [-0.1, -0.05) is 85.8 Å². The monoisotopic (exact) mass is 808 g/mol. The van der Waals surface area contributed by atoms with Crippen molar-refractivity contribution in [2.24, 2.45) is 17.4 Å². The van der Waals surface area contributed by atoms with Crippen LogP contribution in [0.3, 0.4) is 0 Å². The van der Waals surface area contributed by atoms with E-state index in [1.807, 2.05) is 86.0 Å². The molecule has 0 aliphatic carbocycles. The molecule has 0 saturated carbocycles. The number of nitrogens with zero attached hydrogens (tertiary/aromatic N) is 1. The van der Waals surface area contributed by atoms with Crippen molar-refractivity contribution in [1.82, 2.24) is 4.57 Å². The summed E-state index contributed by atoms with van der Waals surface area (Å²) in [6, 6.07) is 12.0. The van der Waals surface area contributed by atoms with Crippen LogP contribution in [0.5, 0.6) is 0 Å². The minimum absolute atomic E-state index is 0.0999. The van der Waals surface area contributed by atoms with Crippen molar-refractivity contribution < 1.29 is 32.6 Å². The van der Waals surface area contributed by atoms with E-state index >= 15 is 0 Å². The van der Waals surface area contributed by atoms with Gasteiger partial charge in [-0.25, -0.2) is 8.78 Å². The Morgan fingerprint density at radius 3 is 1.88 bits per heavy atom. The molecular formula is C48H71F2N3O5. The Hall–Kier alpha value is -4.54. The highest BCUT2D eigenvalue weighted by atomic mass is 19.1. The number of carbonyl (C=O) groups is 2. The van der Waals surface area contributed by atoms with Gasteiger partial charge in [-0.05, 0) is 119 Å². The van der Waals surface area contributed by atoms with Gasteiger partial charge in [-0.3, -0.25) is 9.59 Å². The summed E-state index contributed by atoms with van der Waals surface area (Å²) in [4.78, 5) is 25.7. The lowest BCUT2D eigenvalue weighted by Gasteiger charge is -2.41. The van der Waals surface area contributed by atoms with Crippen LogP contribution >= 0.6 is 0 Å². The van der Waals surface area contributed by atoms with Crippen LogP contribution in [-0.4, -0.2) is 40.0 Å². The van der Waals surface area contributed by atoms with E-state index in [2.05, 4.69) is 27.4 Å². The zero-order valence-corrected chi connectivity index (χ0v) is 37.4. The predicted octanol–water partition coefficient (Wildman–Crippen LogP) is 12.0. The van der Waals surface area contributed by atoms with Gasteiger partial charge in [-0.15, -0.1) is 0 Å². The van der Waals surface area contributed by atoms with Gasteiger partial charge in [0.05, 0.1) is 29.9 Å². The standard InChI is InChI=1S/C34H42F2N2O5.C7H11N.C5H12.C2H6/c1-20(2)30-29(32(37)40)28(21-8-12-23(35)13-9-21)31(22-10-14-24(36)15-11-22)38(30)17-16-25-18-26(42-34(6,7)41-25)19-27(39)43-33(3,4)5;1-3-5-7(8)6-4-2;1-4-5(2)3;1-2/h8-15,20,25-26H,16-19H2,1-7H3,(H2,37,40);3-6H,1,8H2,2H3;5H,4H2,1-3H3;1-2H3/b;6-4-,7-5+;;. The molecule has 1 amide bonds. The topological polar surface area (TPSA) is 119 Å². The van der Waals surface area contributed by atoms with Crippen molar-refractivity contribution in [3.05, 3.63) is 108 Å². The first-order valence-corrected chi connectivity index (χ1v) is 20.5. The molecule has 0 radical (unpaired) electrons. The van der Waals surface area contributed by atoms with E-state index in [1.54, 1.807) is 36.4 Å². The van der Waals surface area contributed by atoms with E-state index in [0.29, 0.717) is 47.3 Å². The summed E-state index contributed by atoms with van der Waals surface area (Å²) in [6.07, 6.45) is 8.85. The van der Waals surface area contributed by atoms with Crippen LogP contribution in [0.1, 0.15) is 138 Å². The quantitative estimate of drug-likeness (QED) is 0.139. The molecule has 58 heavy (non-hydrogen) atoms. The number of aromatic nitrogens is 1. The van der Waals surface area contributed by atoms with E-state index < -0.39 is 35.0 Å². The first kappa shape index (κ1) is 51.5. The van der Waals surface area contributed by atoms with Crippen LogP contribution in [0.4, 0.5) is 8.78 Å². The van der Waals surface area contributed by atoms with Gasteiger partial charge in [-0.2, -0.15) is 0 Å². The minimum Gasteiger partial charge on any atom is -0.460 e. The number of hydrogen-bond acceptors (Lipinski definition) is 6. The molecule has 1 aromatic heterocycles. The van der Waals surface area contributed by atoms with Gasteiger partial charge in [0.1, 0.15) is 17.2 Å². The second-order valence-corrected chi connectivity index (χ2v) is 16.1. The Labute approximate surface area is 347 Å². The smallest absolute Gasteiger partial charge is 0.308 e. The maximum absolute atomic E-state index is 14.0. The lowest BCUT2D eigenvalue weighted by molar-refractivity contribution is -0.301. The predicted molar refractivity (Wildman–Crippen MR) is 235 cm³/mol. The summed E-state index contributed by atoms with van der Waals surface area (Å²) >= 11 is 0. The SMILES string of the molecule is C=C/C=C(N)\C=C/C.CC.CC(C)c1c(C(N)=O)c(-c2ccc(F)cc2)c(-c2ccc(F)cc2)n1CCC1CC(CC(=O)OC(C)(C)C)OC(C)(C)O1.CCC(C)C. The summed E-state index contributed by atoms with van der Waals surface area (Å²) < 4.78 is 47.9. The molecule has 4 rings (SSSR count). The normalized spacial score (nSPS) is 16.4. The van der Waals surface area contributed by atoms with Crippen LogP contribution in [0.25, 0.3) is 22.4 Å². The Balaban J connectivity index is 0.000000957. The molecule has 2 heterocycles. The van der Waals surface area contributed by atoms with E-state index in [0.717, 1.165) is 17.3 Å². The van der Waals surface area contributed by atoms with Crippen molar-refractivity contribution in [2.75, 3.05) is 0 Å². The minimum atomic E-state index is -0.926. The number of allylic oxidation sites excluding steroid dienone is 4. The highest BCUT2D eigenvalue weighted by molar-refractivity contribution is 6.05. The third-order valence-electron chi connectivity index (χ3n) is 8.75. The molecule has 3 aromatic rings. The molecule has 10 heteroatoms. The van der Waals surface area contributed by atoms with Crippen LogP contribution in [-0.2, 0) is 25.5 Å². The molecule has 1 saturated heterocycles. The molecule has 0 bridgehead atoms. The van der Waals surface area contributed by atoms with Gasteiger partial charge in [0.15, 0.2) is 5.79 Å². The van der Waals surface area contributed by atoms with Gasteiger partial charge >= 0.3 is 5.97 Å². The fourth-order valence-corrected chi connectivity index (χ4v) is 6.27. The lowest BCUT2D eigenvalue weighted by atomic mass is 9.94. The van der Waals surface area contributed by atoms with Gasteiger partial charge in [0.2, 0.25) is 0 Å². The molecule has 8 nitrogen and oxygen atoms in total. The van der Waals surface area contributed by atoms with Crippen LogP contribution < -0.4 is 11.5 Å². The van der Waals surface area contributed by atoms with E-state index in [1.165, 1.54) is 30.7 Å². The van der Waals surface area contributed by atoms with Crippen molar-refractivity contribution in [3.8, 4) is 22.4 Å². The number of primary amides is 1. The van der Waals surface area contributed by atoms with Crippen LogP contribution in [0.2, 0.25) is 0 Å². The van der Waals surface area contributed by atoms with Crippen molar-refractivity contribution >= 4 is 11.9 Å². The van der Waals surface area contributed by atoms with Gasteiger partial charge in [0, 0.05) is 29.9 Å². The maximum atomic E-state index is 14.0. The summed E-state index contributed by atoms with van der Waals surface area (Å²) in [7, 11) is 0. The number of carbonyl (C=O) groups excluding carboxylic acids is 2. The summed E-state index contributed by atoms with van der Waals surface area (Å²) in [6.45, 7) is 29.6. The third kappa shape index (κ3) is 17.1. The van der Waals surface area contributed by atoms with Gasteiger partial charge in [0.25, 0.3) is 5.91 Å². The van der Waals surface area contributed by atoms with Crippen molar-refractivity contribution in [2.45, 2.75) is 152 Å². The fraction of sp³-hybridized carbons (Fsp3) is 0.500. The van der Waals surface area contributed by atoms with Gasteiger partial charge < -0.3 is 30.2 Å². The van der Waals surface area contributed by atoms with Crippen LogP contribution in [0.15, 0.2) is 85.1 Å². The average molecular weight is 808 g/mol. The van der Waals surface area contributed by atoms with E-state index in [4.69, 9.17) is 25.7 Å². The molecule has 0 spiro atoms. The molecule has 1 fully saturated rings. The molecule has 322 valence electrons. The number of hydrogen-bond donors (Lipinski definition) is 2. The summed E-state index contributed by atoms with van der Waals surface area (Å²) in [5, 5.41) is 0. The number of halogens is 2. The van der Waals surface area contributed by atoms with E-state index in [-0.39, 0.29) is 24.4 Å². The molecule has 2 atom stereocenters. The third-order valence-corrected chi connectivity index (χ3v) is 8.75.